The predicted octanol–water partition coefficient (Wildman–Crippen LogP) is 4.05. The Balaban J connectivity index is 1.80. The lowest BCUT2D eigenvalue weighted by molar-refractivity contribution is 0.627. The number of anilines is 1. The summed E-state index contributed by atoms with van der Waals surface area (Å²) < 4.78 is 14.0. The van der Waals surface area contributed by atoms with E-state index in [9.17, 15) is 4.39 Å². The van der Waals surface area contributed by atoms with Crippen LogP contribution in [0.25, 0.3) is 10.1 Å². The lowest BCUT2D eigenvalue weighted by atomic mass is 10.2. The molecule has 0 unspecified atom stereocenters. The highest BCUT2D eigenvalue weighted by Gasteiger charge is 2.02. The van der Waals surface area contributed by atoms with Crippen LogP contribution in [0.15, 0.2) is 48.0 Å². The van der Waals surface area contributed by atoms with Crippen molar-refractivity contribution >= 4 is 27.2 Å². The molecule has 0 aliphatic carbocycles. The maximum Gasteiger partial charge on any atom is 0.134 e. The molecule has 0 bridgehead atoms. The fraction of sp³-hybridized carbons (Fsp3) is 0.0714. The van der Waals surface area contributed by atoms with Crippen molar-refractivity contribution in [2.45, 2.75) is 6.54 Å². The quantitative estimate of drug-likeness (QED) is 0.766. The molecule has 0 saturated heterocycles. The average molecular weight is 258 g/mol. The van der Waals surface area contributed by atoms with E-state index < -0.39 is 0 Å². The fourth-order valence-corrected chi connectivity index (χ4v) is 2.61. The molecule has 4 heteroatoms. The van der Waals surface area contributed by atoms with Crippen LogP contribution < -0.4 is 5.32 Å². The van der Waals surface area contributed by atoms with E-state index in [4.69, 9.17) is 0 Å². The number of nitrogens with zero attached hydrogens (tertiary/aromatic N) is 1. The van der Waals surface area contributed by atoms with Crippen molar-refractivity contribution in [2.75, 3.05) is 5.32 Å². The maximum atomic E-state index is 12.8. The zero-order valence-corrected chi connectivity index (χ0v) is 10.4. The third-order valence-corrected chi connectivity index (χ3v) is 3.64. The second kappa shape index (κ2) is 4.74. The van der Waals surface area contributed by atoms with E-state index in [1.807, 2.05) is 6.07 Å². The van der Waals surface area contributed by atoms with E-state index in [0.717, 1.165) is 16.8 Å². The first-order valence-corrected chi connectivity index (χ1v) is 6.51. The van der Waals surface area contributed by atoms with Gasteiger partial charge in [-0.1, -0.05) is 12.1 Å². The number of hydrogen-bond acceptors (Lipinski definition) is 3. The molecule has 0 aliphatic rings. The Labute approximate surface area is 108 Å². The Hall–Kier alpha value is -1.94. The first-order valence-electron chi connectivity index (χ1n) is 5.63. The molecule has 1 N–H and O–H groups in total. The summed E-state index contributed by atoms with van der Waals surface area (Å²) in [6, 6.07) is 10.5. The van der Waals surface area contributed by atoms with E-state index in [0.29, 0.717) is 6.54 Å². The van der Waals surface area contributed by atoms with Crippen LogP contribution in [0.2, 0.25) is 0 Å². The highest BCUT2D eigenvalue weighted by molar-refractivity contribution is 7.17. The van der Waals surface area contributed by atoms with E-state index in [-0.39, 0.29) is 5.82 Å². The summed E-state index contributed by atoms with van der Waals surface area (Å²) in [5.74, 6) is 0.662. The molecule has 0 radical (unpaired) electrons. The molecule has 0 aliphatic heterocycles. The van der Waals surface area contributed by atoms with Crippen LogP contribution in [0, 0.1) is 5.82 Å². The SMILES string of the molecule is Fc1ccc(CNc2nccc3sccc23)cc1. The minimum Gasteiger partial charge on any atom is -0.365 e. The normalized spacial score (nSPS) is 10.7. The maximum absolute atomic E-state index is 12.8. The summed E-state index contributed by atoms with van der Waals surface area (Å²) >= 11 is 1.70. The van der Waals surface area contributed by atoms with Gasteiger partial charge < -0.3 is 5.32 Å². The van der Waals surface area contributed by atoms with Gasteiger partial charge in [-0.3, -0.25) is 0 Å². The summed E-state index contributed by atoms with van der Waals surface area (Å²) in [7, 11) is 0. The highest BCUT2D eigenvalue weighted by atomic mass is 32.1. The molecule has 0 saturated carbocycles. The topological polar surface area (TPSA) is 24.9 Å². The second-order valence-corrected chi connectivity index (χ2v) is 4.92. The number of hydrogen-bond donors (Lipinski definition) is 1. The number of halogens is 1. The Morgan fingerprint density at radius 1 is 1.11 bits per heavy atom. The Morgan fingerprint density at radius 3 is 2.78 bits per heavy atom. The van der Waals surface area contributed by atoms with Crippen LogP contribution in [0.5, 0.6) is 0 Å². The second-order valence-electron chi connectivity index (χ2n) is 3.97. The zero-order chi connectivity index (χ0) is 12.4. The van der Waals surface area contributed by atoms with Crippen molar-refractivity contribution in [2.24, 2.45) is 0 Å². The Morgan fingerprint density at radius 2 is 1.94 bits per heavy atom. The van der Waals surface area contributed by atoms with Crippen molar-refractivity contribution in [3.8, 4) is 0 Å². The van der Waals surface area contributed by atoms with Crippen LogP contribution in [-0.4, -0.2) is 4.98 Å². The number of aromatic nitrogens is 1. The number of thiophene rings is 1. The van der Waals surface area contributed by atoms with Gasteiger partial charge in [0.25, 0.3) is 0 Å². The molecular weight excluding hydrogens is 247 g/mol. The molecular formula is C14H11FN2S. The summed E-state index contributed by atoms with van der Waals surface area (Å²) in [4.78, 5) is 4.33. The van der Waals surface area contributed by atoms with Crippen molar-refractivity contribution in [3.63, 3.8) is 0 Å². The van der Waals surface area contributed by atoms with Crippen LogP contribution >= 0.6 is 11.3 Å². The predicted molar refractivity (Wildman–Crippen MR) is 73.3 cm³/mol. The van der Waals surface area contributed by atoms with E-state index >= 15 is 0 Å². The average Bonchev–Trinajstić information content (AvgIpc) is 2.87. The van der Waals surface area contributed by atoms with Gasteiger partial charge in [-0.25, -0.2) is 9.37 Å². The summed E-state index contributed by atoms with van der Waals surface area (Å²) in [5, 5.41) is 6.46. The van der Waals surface area contributed by atoms with Gasteiger partial charge in [-0.15, -0.1) is 11.3 Å². The van der Waals surface area contributed by atoms with Gasteiger partial charge in [0.05, 0.1) is 0 Å². The third kappa shape index (κ3) is 2.19. The summed E-state index contributed by atoms with van der Waals surface area (Å²) in [6.07, 6.45) is 1.80. The van der Waals surface area contributed by atoms with Crippen molar-refractivity contribution < 1.29 is 4.39 Å². The van der Waals surface area contributed by atoms with Gasteiger partial charge in [0.1, 0.15) is 11.6 Å². The highest BCUT2D eigenvalue weighted by Crippen LogP contribution is 2.25. The number of benzene rings is 1. The largest absolute Gasteiger partial charge is 0.365 e. The first kappa shape index (κ1) is 11.2. The van der Waals surface area contributed by atoms with Crippen molar-refractivity contribution in [1.29, 1.82) is 0 Å². The molecule has 1 aromatic carbocycles. The molecule has 0 amide bonds. The molecule has 2 heterocycles. The molecule has 0 fully saturated rings. The molecule has 3 aromatic rings. The zero-order valence-electron chi connectivity index (χ0n) is 9.56. The third-order valence-electron chi connectivity index (χ3n) is 2.75. The number of pyridine rings is 1. The number of nitrogens with one attached hydrogen (secondary N) is 1. The number of fused-ring (bicyclic) bond motifs is 1. The monoisotopic (exact) mass is 258 g/mol. The summed E-state index contributed by atoms with van der Waals surface area (Å²) in [5.41, 5.74) is 1.03. The van der Waals surface area contributed by atoms with Crippen molar-refractivity contribution in [3.05, 3.63) is 59.4 Å². The molecule has 0 atom stereocenters. The minimum absolute atomic E-state index is 0.211. The van der Waals surface area contributed by atoms with E-state index in [1.165, 1.54) is 16.8 Å². The molecule has 90 valence electrons. The van der Waals surface area contributed by atoms with Gasteiger partial charge >= 0.3 is 0 Å². The minimum atomic E-state index is -0.211. The summed E-state index contributed by atoms with van der Waals surface area (Å²) in [6.45, 7) is 0.641. The Kier molecular flexibility index (Phi) is 2.94. The standard InChI is InChI=1S/C14H11FN2S/c15-11-3-1-10(2-4-11)9-17-14-12-6-8-18-13(12)5-7-16-14/h1-8H,9H2,(H,16,17). The number of rotatable bonds is 3. The lowest BCUT2D eigenvalue weighted by Gasteiger charge is -2.06. The first-order chi connectivity index (χ1) is 8.83. The fourth-order valence-electron chi connectivity index (χ4n) is 1.82. The smallest absolute Gasteiger partial charge is 0.134 e. The van der Waals surface area contributed by atoms with Crippen LogP contribution in [-0.2, 0) is 6.54 Å². The molecule has 2 aromatic heterocycles. The van der Waals surface area contributed by atoms with Gasteiger partial charge in [-0.05, 0) is 35.2 Å². The van der Waals surface area contributed by atoms with Crippen molar-refractivity contribution in [1.82, 2.24) is 4.98 Å². The van der Waals surface area contributed by atoms with Gasteiger partial charge in [0.15, 0.2) is 0 Å². The van der Waals surface area contributed by atoms with Crippen LogP contribution in [0.1, 0.15) is 5.56 Å². The van der Waals surface area contributed by atoms with Crippen LogP contribution in [0.3, 0.4) is 0 Å². The van der Waals surface area contributed by atoms with Crippen LogP contribution in [0.4, 0.5) is 10.2 Å². The van der Waals surface area contributed by atoms with Gasteiger partial charge in [0.2, 0.25) is 0 Å². The van der Waals surface area contributed by atoms with Gasteiger partial charge in [0, 0.05) is 22.8 Å². The molecule has 2 nitrogen and oxygen atoms in total. The van der Waals surface area contributed by atoms with E-state index in [2.05, 4.69) is 21.7 Å². The molecule has 18 heavy (non-hydrogen) atoms. The Bertz CT molecular complexity index is 661. The van der Waals surface area contributed by atoms with Gasteiger partial charge in [-0.2, -0.15) is 0 Å². The molecule has 3 rings (SSSR count). The lowest BCUT2D eigenvalue weighted by Crippen LogP contribution is -2.01. The van der Waals surface area contributed by atoms with E-state index in [1.54, 1.807) is 29.7 Å². The molecule has 0 spiro atoms.